The highest BCUT2D eigenvalue weighted by atomic mass is 31.1. The minimum atomic E-state index is -0.401. The third kappa shape index (κ3) is 10.0. The molecular formula is C55H77O5P. The van der Waals surface area contributed by atoms with E-state index in [1.165, 1.54) is 38.9 Å². The highest BCUT2D eigenvalue weighted by Crippen LogP contribution is 2.52. The second-order valence-corrected chi connectivity index (χ2v) is 24.5. The average molecular weight is 849 g/mol. The van der Waals surface area contributed by atoms with Gasteiger partial charge in [-0.2, -0.15) is 0 Å². The van der Waals surface area contributed by atoms with Crippen molar-refractivity contribution in [3.05, 3.63) is 115 Å². The summed E-state index contributed by atoms with van der Waals surface area (Å²) in [5, 5.41) is 0. The molecule has 2 heterocycles. The molecule has 1 unspecified atom stereocenters. The molecule has 2 aliphatic heterocycles. The van der Waals surface area contributed by atoms with Crippen LogP contribution in [0.1, 0.15) is 210 Å². The van der Waals surface area contributed by atoms with E-state index < -0.39 is 5.92 Å². The molecule has 0 bridgehead atoms. The Hall–Kier alpha value is -3.82. The molecule has 6 heteroatoms. The van der Waals surface area contributed by atoms with Gasteiger partial charge in [-0.25, -0.2) is 0 Å². The van der Waals surface area contributed by atoms with Gasteiger partial charge in [-0.1, -0.05) is 180 Å². The van der Waals surface area contributed by atoms with Crippen LogP contribution in [-0.4, -0.2) is 13.1 Å². The highest BCUT2D eigenvalue weighted by Gasteiger charge is 2.40. The summed E-state index contributed by atoms with van der Waals surface area (Å²) in [6.45, 7) is 46.9. The first-order valence-electron chi connectivity index (χ1n) is 22.2. The standard InChI is InChI=1S/C30H45O2P.C25H32O3/c1-18-21-14-19(27(2,3)4)16-23(29(8,9)10)25(21)31-33-32-26-22(18)15-20(28(5,6)7)17-24(26)30(11,12)13;1-14-10-16(11-15(2)21(14)27-9)20-18-12-17(24(3,4)5)13-19(25(6,7)8)22(18)28-23(20)26/h14-18,33H,1-13H3;10-13,20H,1-9H3. The zero-order chi connectivity index (χ0) is 46.2. The van der Waals surface area contributed by atoms with E-state index in [9.17, 15) is 4.79 Å². The second-order valence-electron chi connectivity index (χ2n) is 23.9. The van der Waals surface area contributed by atoms with Crippen LogP contribution in [0.3, 0.4) is 0 Å². The molecule has 0 N–H and O–H groups in total. The van der Waals surface area contributed by atoms with Crippen molar-refractivity contribution in [3.63, 3.8) is 0 Å². The van der Waals surface area contributed by atoms with Gasteiger partial charge in [0.1, 0.15) is 28.9 Å². The molecule has 6 rings (SSSR count). The fourth-order valence-electron chi connectivity index (χ4n) is 8.47. The van der Waals surface area contributed by atoms with Crippen LogP contribution in [0, 0.1) is 13.8 Å². The molecule has 0 saturated carbocycles. The van der Waals surface area contributed by atoms with E-state index in [-0.39, 0.29) is 53.4 Å². The SMILES string of the molecule is CC1c2cc(C(C)(C)C)cc(C(C)(C)C)c2OPOc2c1cc(C(C)(C)C)cc2C(C)(C)C.COc1c(C)cc(C2C(=O)Oc3c2cc(C(C)(C)C)cc3C(C)(C)C)cc1C. The molecule has 1 atom stereocenters. The molecule has 5 nitrogen and oxygen atoms in total. The summed E-state index contributed by atoms with van der Waals surface area (Å²) >= 11 is 0. The largest absolute Gasteiger partial charge is 0.496 e. The van der Waals surface area contributed by atoms with Gasteiger partial charge in [-0.15, -0.1) is 0 Å². The van der Waals surface area contributed by atoms with E-state index in [0.717, 1.165) is 50.8 Å². The lowest BCUT2D eigenvalue weighted by Gasteiger charge is -2.35. The Morgan fingerprint density at radius 3 is 1.16 bits per heavy atom. The number of ether oxygens (including phenoxy) is 2. The Morgan fingerprint density at radius 1 is 0.492 bits per heavy atom. The molecule has 61 heavy (non-hydrogen) atoms. The van der Waals surface area contributed by atoms with Gasteiger partial charge >= 0.3 is 5.97 Å². The normalized spacial score (nSPS) is 17.4. The van der Waals surface area contributed by atoms with E-state index in [4.69, 9.17) is 18.5 Å². The Balaban J connectivity index is 0.000000234. The first-order chi connectivity index (χ1) is 27.7. The molecule has 0 saturated heterocycles. The number of aryl methyl sites for hydroxylation is 2. The van der Waals surface area contributed by atoms with E-state index in [0.29, 0.717) is 0 Å². The number of rotatable bonds is 2. The first kappa shape index (κ1) is 48.2. The summed E-state index contributed by atoms with van der Waals surface area (Å²) in [6.07, 6.45) is 0. The number of fused-ring (bicyclic) bond motifs is 3. The van der Waals surface area contributed by atoms with E-state index >= 15 is 0 Å². The van der Waals surface area contributed by atoms with Crippen molar-refractivity contribution in [2.24, 2.45) is 0 Å². The lowest BCUT2D eigenvalue weighted by Crippen LogP contribution is -2.22. The van der Waals surface area contributed by atoms with Crippen molar-refractivity contribution in [1.29, 1.82) is 0 Å². The van der Waals surface area contributed by atoms with Gasteiger partial charge in [0, 0.05) is 39.3 Å². The Bertz CT molecular complexity index is 2200. The summed E-state index contributed by atoms with van der Waals surface area (Å²) in [4.78, 5) is 13.0. The minimum absolute atomic E-state index is 0.0169. The van der Waals surface area contributed by atoms with E-state index in [2.05, 4.69) is 168 Å². The van der Waals surface area contributed by atoms with Crippen molar-refractivity contribution < 1.29 is 23.3 Å². The first-order valence-corrected chi connectivity index (χ1v) is 23.0. The maximum atomic E-state index is 13.0. The smallest absolute Gasteiger partial charge is 0.323 e. The molecule has 0 spiro atoms. The lowest BCUT2D eigenvalue weighted by atomic mass is 9.74. The second kappa shape index (κ2) is 16.4. The number of methoxy groups -OCH3 is 1. The molecular weight excluding hydrogens is 772 g/mol. The number of hydrogen-bond acceptors (Lipinski definition) is 5. The fourth-order valence-corrected chi connectivity index (χ4v) is 9.13. The van der Waals surface area contributed by atoms with Crippen LogP contribution in [0.15, 0.2) is 48.5 Å². The maximum absolute atomic E-state index is 13.0. The molecule has 0 aromatic heterocycles. The topological polar surface area (TPSA) is 54.0 Å². The number of esters is 1. The minimum Gasteiger partial charge on any atom is -0.496 e. The van der Waals surface area contributed by atoms with Crippen LogP contribution in [0.5, 0.6) is 23.0 Å². The highest BCUT2D eigenvalue weighted by molar-refractivity contribution is 7.27. The van der Waals surface area contributed by atoms with Crippen LogP contribution in [0.4, 0.5) is 0 Å². The van der Waals surface area contributed by atoms with Crippen molar-refractivity contribution in [1.82, 2.24) is 0 Å². The summed E-state index contributed by atoms with van der Waals surface area (Å²) in [7, 11) is 1.61. The third-order valence-electron chi connectivity index (χ3n) is 12.4. The van der Waals surface area contributed by atoms with Crippen molar-refractivity contribution in [2.45, 2.75) is 190 Å². The lowest BCUT2D eigenvalue weighted by molar-refractivity contribution is -0.133. The van der Waals surface area contributed by atoms with Crippen LogP contribution in [-0.2, 0) is 37.3 Å². The van der Waals surface area contributed by atoms with Crippen LogP contribution >= 0.6 is 9.03 Å². The summed E-state index contributed by atoms with van der Waals surface area (Å²) in [5.74, 6) is 3.18. The number of carbonyl (C=O) groups is 1. The molecule has 4 aromatic rings. The summed E-state index contributed by atoms with van der Waals surface area (Å²) < 4.78 is 24.3. The van der Waals surface area contributed by atoms with Crippen LogP contribution < -0.4 is 18.5 Å². The van der Waals surface area contributed by atoms with Gasteiger partial charge < -0.3 is 18.5 Å². The van der Waals surface area contributed by atoms with Gasteiger partial charge in [-0.3, -0.25) is 4.79 Å². The number of benzene rings is 4. The Labute approximate surface area is 372 Å². The molecule has 0 fully saturated rings. The van der Waals surface area contributed by atoms with Gasteiger partial charge in [0.25, 0.3) is 9.03 Å². The van der Waals surface area contributed by atoms with Gasteiger partial charge in [0.2, 0.25) is 0 Å². The molecule has 332 valence electrons. The summed E-state index contributed by atoms with van der Waals surface area (Å²) in [6, 6.07) is 17.9. The number of carbonyl (C=O) groups excluding carboxylic acids is 1. The van der Waals surface area contributed by atoms with E-state index in [1.54, 1.807) is 7.11 Å². The van der Waals surface area contributed by atoms with Crippen LogP contribution in [0.25, 0.3) is 0 Å². The Kier molecular flexibility index (Phi) is 13.0. The Morgan fingerprint density at radius 2 is 0.836 bits per heavy atom. The molecule has 4 aromatic carbocycles. The van der Waals surface area contributed by atoms with Gasteiger partial charge in [-0.05, 0) is 79.7 Å². The molecule has 0 radical (unpaired) electrons. The van der Waals surface area contributed by atoms with Crippen molar-refractivity contribution in [2.75, 3.05) is 7.11 Å². The number of hydrogen-bond donors (Lipinski definition) is 0. The van der Waals surface area contributed by atoms with Gasteiger partial charge in [0.05, 0.1) is 7.11 Å². The third-order valence-corrected chi connectivity index (χ3v) is 12.9. The quantitative estimate of drug-likeness (QED) is 0.114. The van der Waals surface area contributed by atoms with Crippen molar-refractivity contribution >= 4 is 15.0 Å². The maximum Gasteiger partial charge on any atom is 0.323 e. The molecule has 0 aliphatic carbocycles. The summed E-state index contributed by atoms with van der Waals surface area (Å²) in [5.41, 5.74) is 14.0. The van der Waals surface area contributed by atoms with Crippen molar-refractivity contribution in [3.8, 4) is 23.0 Å². The molecule has 0 amide bonds. The van der Waals surface area contributed by atoms with Gasteiger partial charge in [0.15, 0.2) is 0 Å². The predicted octanol–water partition coefficient (Wildman–Crippen LogP) is 15.3. The molecule has 2 aliphatic rings. The zero-order valence-corrected chi connectivity index (χ0v) is 42.8. The average Bonchev–Trinajstić information content (AvgIpc) is 3.43. The fraction of sp³-hybridized carbons (Fsp3) is 0.545. The van der Waals surface area contributed by atoms with Crippen LogP contribution in [0.2, 0.25) is 0 Å². The zero-order valence-electron chi connectivity index (χ0n) is 41.8. The predicted molar refractivity (Wildman–Crippen MR) is 259 cm³/mol. The van der Waals surface area contributed by atoms with E-state index in [1.807, 2.05) is 26.0 Å². The monoisotopic (exact) mass is 849 g/mol.